The highest BCUT2D eigenvalue weighted by Crippen LogP contribution is 2.41. The molecule has 2 aromatic carbocycles. The van der Waals surface area contributed by atoms with Crippen LogP contribution >= 0.6 is 11.8 Å². The summed E-state index contributed by atoms with van der Waals surface area (Å²) >= 11 is 1.29. The molecule has 4 rings (SSSR count). The summed E-state index contributed by atoms with van der Waals surface area (Å²) in [7, 11) is -1.35. The van der Waals surface area contributed by atoms with Crippen LogP contribution in [0.2, 0.25) is 25.7 Å². The zero-order chi connectivity index (χ0) is 36.1. The third-order valence-electron chi connectivity index (χ3n) is 9.04. The molecular weight excluding hydrogens is 677 g/mol. The highest BCUT2D eigenvalue weighted by atomic mass is 32.2. The van der Waals surface area contributed by atoms with Crippen molar-refractivity contribution in [2.24, 2.45) is 5.92 Å². The Morgan fingerprint density at radius 3 is 2.50 bits per heavy atom. The fraction of sp³-hybridized carbons (Fsp3) is 0.500. The fourth-order valence-corrected chi connectivity index (χ4v) is 7.95. The molecule has 2 N–H and O–H groups in total. The smallest absolute Gasteiger partial charge is 0.407 e. The number of amides is 2. The zero-order valence-electron chi connectivity index (χ0n) is 29.5. The molecule has 0 spiro atoms. The third-order valence-corrected chi connectivity index (χ3v) is 11.7. The molecule has 3 aromatic rings. The number of nitrogens with one attached hydrogen (secondary N) is 1. The number of carboxylic acids is 1. The summed E-state index contributed by atoms with van der Waals surface area (Å²) in [6.07, 6.45) is 6.75. The molecule has 8 nitrogen and oxygen atoms in total. The number of aliphatic carboxylic acids is 1. The van der Waals surface area contributed by atoms with Gasteiger partial charge in [0, 0.05) is 56.5 Å². The van der Waals surface area contributed by atoms with Crippen LogP contribution < -0.4 is 5.32 Å². The lowest BCUT2D eigenvalue weighted by Crippen LogP contribution is -2.42. The highest BCUT2D eigenvalue weighted by Gasteiger charge is 2.35. The summed E-state index contributed by atoms with van der Waals surface area (Å²) in [5, 5.41) is 12.0. The van der Waals surface area contributed by atoms with Gasteiger partial charge >= 0.3 is 12.1 Å². The minimum Gasteiger partial charge on any atom is -0.481 e. The summed E-state index contributed by atoms with van der Waals surface area (Å²) in [6, 6.07) is 15.7. The van der Waals surface area contributed by atoms with Crippen molar-refractivity contribution in [2.45, 2.75) is 83.2 Å². The van der Waals surface area contributed by atoms with E-state index in [4.69, 9.17) is 9.84 Å². The number of carboxylic acid groups (broad SMARTS) is 1. The number of benzene rings is 2. The van der Waals surface area contributed by atoms with E-state index in [0.29, 0.717) is 44.0 Å². The van der Waals surface area contributed by atoms with Crippen LogP contribution in [0.3, 0.4) is 0 Å². The number of thioether (sulfide) groups is 1. The van der Waals surface area contributed by atoms with Gasteiger partial charge in [0.25, 0.3) is 0 Å². The molecule has 0 radical (unpaired) electrons. The van der Waals surface area contributed by atoms with E-state index in [2.05, 4.69) is 29.5 Å². The van der Waals surface area contributed by atoms with Crippen molar-refractivity contribution in [3.63, 3.8) is 0 Å². The molecule has 12 heteroatoms. The van der Waals surface area contributed by atoms with Gasteiger partial charge in [-0.3, -0.25) is 9.59 Å². The first-order chi connectivity index (χ1) is 23.9. The fourth-order valence-electron chi connectivity index (χ4n) is 6.43. The molecular formula is C38H51F2N3O5SSi. The average molecular weight is 728 g/mol. The maximum atomic E-state index is 15.2. The molecule has 1 heterocycles. The van der Waals surface area contributed by atoms with Gasteiger partial charge in [0.05, 0.1) is 24.8 Å². The van der Waals surface area contributed by atoms with E-state index < -0.39 is 31.8 Å². The van der Waals surface area contributed by atoms with Crippen molar-refractivity contribution in [3.8, 4) is 11.1 Å². The van der Waals surface area contributed by atoms with E-state index in [9.17, 15) is 18.8 Å². The first-order valence-electron chi connectivity index (χ1n) is 17.6. The average Bonchev–Trinajstić information content (AvgIpc) is 3.48. The monoisotopic (exact) mass is 727 g/mol. The number of carbonyl (C=O) groups is 3. The molecule has 50 heavy (non-hydrogen) atoms. The predicted octanol–water partition coefficient (Wildman–Crippen LogP) is 8.59. The molecule has 2 amide bonds. The first-order valence-corrected chi connectivity index (χ1v) is 22.5. The lowest BCUT2D eigenvalue weighted by atomic mass is 9.81. The maximum absolute atomic E-state index is 15.2. The molecule has 0 saturated heterocycles. The van der Waals surface area contributed by atoms with Gasteiger partial charge in [0.1, 0.15) is 11.6 Å². The van der Waals surface area contributed by atoms with Gasteiger partial charge < -0.3 is 24.6 Å². The van der Waals surface area contributed by atoms with Crippen LogP contribution in [0.5, 0.6) is 0 Å². The lowest BCUT2D eigenvalue weighted by Gasteiger charge is -2.40. The Labute approximate surface area is 300 Å². The molecule has 1 fully saturated rings. The normalized spacial score (nSPS) is 14.3. The topological polar surface area (TPSA) is 101 Å². The van der Waals surface area contributed by atoms with Crippen LogP contribution in [0.15, 0.2) is 60.8 Å². The van der Waals surface area contributed by atoms with Crippen LogP contribution in [0.4, 0.5) is 13.6 Å². The summed E-state index contributed by atoms with van der Waals surface area (Å²) in [6.45, 7) is 8.15. The number of halogens is 2. The summed E-state index contributed by atoms with van der Waals surface area (Å²) in [5.41, 5.74) is 2.54. The Hall–Kier alpha value is -3.64. The minimum atomic E-state index is -1.35. The van der Waals surface area contributed by atoms with E-state index in [0.717, 1.165) is 61.5 Å². The van der Waals surface area contributed by atoms with Crippen molar-refractivity contribution in [1.29, 1.82) is 0 Å². The first kappa shape index (κ1) is 39.1. The van der Waals surface area contributed by atoms with Gasteiger partial charge in [-0.1, -0.05) is 69.2 Å². The second-order valence-electron chi connectivity index (χ2n) is 14.2. The Morgan fingerprint density at radius 1 is 1.06 bits per heavy atom. The number of rotatable bonds is 18. The summed E-state index contributed by atoms with van der Waals surface area (Å²) in [4.78, 5) is 39.7. The molecule has 1 aromatic heterocycles. The molecule has 1 saturated carbocycles. The van der Waals surface area contributed by atoms with Gasteiger partial charge in [-0.2, -0.15) is 11.8 Å². The number of alkyl carbamates (subject to hydrolysis) is 1. The van der Waals surface area contributed by atoms with E-state index in [1.165, 1.54) is 17.8 Å². The third kappa shape index (κ3) is 12.3. The molecule has 1 aliphatic carbocycles. The van der Waals surface area contributed by atoms with Gasteiger partial charge in [-0.15, -0.1) is 0 Å². The lowest BCUT2D eigenvalue weighted by molar-refractivity contribution is -0.136. The van der Waals surface area contributed by atoms with Crippen LogP contribution in [0.1, 0.15) is 62.2 Å². The van der Waals surface area contributed by atoms with E-state index in [-0.39, 0.29) is 35.6 Å². The summed E-state index contributed by atoms with van der Waals surface area (Å²) < 4.78 is 37.0. The van der Waals surface area contributed by atoms with Gasteiger partial charge in [-0.05, 0) is 61.1 Å². The number of nitrogens with zero attached hydrogens (tertiary/aromatic N) is 2. The van der Waals surface area contributed by atoms with E-state index in [1.54, 1.807) is 0 Å². The second kappa shape index (κ2) is 19.1. The standard InChI is InChI=1S/C38H51F2N3O5SSi/c1-50(2,3)22-20-48-38(47)41-18-10-19-43(35(44)27-49-21-17-36(45)46)37(29-13-8-5-9-14-29)34-23-30(32-24-31(39)15-16-33(32)40)26-42(34)25-28-11-6-4-7-12-28/h4,6-7,11-12,15-16,23-24,26,29,37H,5,8-10,13-14,17-22,25,27H2,1-3H3,(H,41,47)(H,45,46). The number of hydrogen-bond donors (Lipinski definition) is 2. The molecule has 1 aliphatic rings. The largest absolute Gasteiger partial charge is 0.481 e. The number of ether oxygens (including phenoxy) is 1. The van der Waals surface area contributed by atoms with Crippen molar-refractivity contribution < 1.29 is 33.0 Å². The van der Waals surface area contributed by atoms with Crippen molar-refractivity contribution in [1.82, 2.24) is 14.8 Å². The van der Waals surface area contributed by atoms with Crippen LogP contribution in [-0.4, -0.2) is 71.8 Å². The zero-order valence-corrected chi connectivity index (χ0v) is 31.3. The number of hydrogen-bond acceptors (Lipinski definition) is 5. The van der Waals surface area contributed by atoms with Crippen LogP contribution in [0.25, 0.3) is 11.1 Å². The molecule has 1 atom stereocenters. The molecule has 1 unspecified atom stereocenters. The quantitative estimate of drug-likeness (QED) is 0.101. The SMILES string of the molecule is C[Si](C)(C)CCOC(=O)NCCCN(C(=O)CSCCC(=O)O)C(c1cc(-c2cc(F)ccc2F)cn1Cc1ccccc1)C1CCCCC1. The van der Waals surface area contributed by atoms with Crippen LogP contribution in [-0.2, 0) is 20.9 Å². The van der Waals surface area contributed by atoms with Gasteiger partial charge in [0.15, 0.2) is 0 Å². The number of aromatic nitrogens is 1. The Kier molecular flexibility index (Phi) is 15.0. The predicted molar refractivity (Wildman–Crippen MR) is 198 cm³/mol. The molecule has 0 bridgehead atoms. The minimum absolute atomic E-state index is 0.0454. The van der Waals surface area contributed by atoms with Crippen molar-refractivity contribution >= 4 is 37.8 Å². The second-order valence-corrected chi connectivity index (χ2v) is 21.0. The Morgan fingerprint density at radius 2 is 1.80 bits per heavy atom. The maximum Gasteiger partial charge on any atom is 0.407 e. The molecule has 272 valence electrons. The number of carbonyl (C=O) groups excluding carboxylic acids is 2. The highest BCUT2D eigenvalue weighted by molar-refractivity contribution is 7.99. The van der Waals surface area contributed by atoms with Crippen molar-refractivity contribution in [3.05, 3.63) is 83.7 Å². The van der Waals surface area contributed by atoms with Gasteiger partial charge in [-0.25, -0.2) is 13.6 Å². The molecule has 0 aliphatic heterocycles. The van der Waals surface area contributed by atoms with Crippen molar-refractivity contribution in [2.75, 3.05) is 31.2 Å². The van der Waals surface area contributed by atoms with E-state index >= 15 is 4.39 Å². The summed E-state index contributed by atoms with van der Waals surface area (Å²) in [5.74, 6) is -1.58. The Balaban J connectivity index is 1.68. The Bertz CT molecular complexity index is 1560. The van der Waals surface area contributed by atoms with E-state index in [1.807, 2.05) is 47.5 Å². The van der Waals surface area contributed by atoms with Gasteiger partial charge in [0.2, 0.25) is 5.91 Å². The van der Waals surface area contributed by atoms with Crippen LogP contribution in [0, 0.1) is 17.6 Å².